The summed E-state index contributed by atoms with van der Waals surface area (Å²) in [6.45, 7) is 6.15. The van der Waals surface area contributed by atoms with E-state index >= 15 is 0 Å². The van der Waals surface area contributed by atoms with Gasteiger partial charge in [0.05, 0.1) is 16.8 Å². The minimum Gasteiger partial charge on any atom is -0.507 e. The van der Waals surface area contributed by atoms with Crippen LogP contribution in [0.1, 0.15) is 57.3 Å². The molecule has 0 aliphatic carbocycles. The Balaban J connectivity index is 1.55. The third-order valence-corrected chi connectivity index (χ3v) is 5.62. The molecule has 2 heterocycles. The minimum absolute atomic E-state index is 0.0722. The van der Waals surface area contributed by atoms with Gasteiger partial charge in [0.15, 0.2) is 0 Å². The number of aromatic hydroxyl groups is 1. The van der Waals surface area contributed by atoms with Crippen molar-refractivity contribution in [1.82, 2.24) is 25.7 Å². The second kappa shape index (κ2) is 8.39. The zero-order valence-electron chi connectivity index (χ0n) is 18.0. The molecule has 0 saturated heterocycles. The Labute approximate surface area is 180 Å². The number of phenolic OH excluding ortho intramolecular Hbond substituents is 1. The molecule has 1 aliphatic heterocycles. The number of hydrogen-bond donors (Lipinski definition) is 4. The van der Waals surface area contributed by atoms with Crippen molar-refractivity contribution in [3.8, 4) is 5.75 Å². The Kier molecular flexibility index (Phi) is 5.65. The Morgan fingerprint density at radius 3 is 2.68 bits per heavy atom. The Bertz CT molecular complexity index is 1150. The lowest BCUT2D eigenvalue weighted by atomic mass is 10.0. The highest BCUT2D eigenvalue weighted by molar-refractivity contribution is 6.01. The average Bonchev–Trinajstić information content (AvgIpc) is 3.35. The van der Waals surface area contributed by atoms with E-state index in [1.165, 1.54) is 0 Å². The standard InChI is InChI=1S/C23H27N5O3/c1-13(2)21-17-9-18(20(29)10-19(17)26-27-21)23(31)28-11-15-5-4-14(8-16(15)12-28)22(30)25-7-6-24-3/h4-5,8-10,13,24,29H,6-7,11-12H2,1-3H3,(H,25,30)(H,26,27). The van der Waals surface area contributed by atoms with Crippen molar-refractivity contribution in [1.29, 1.82) is 0 Å². The molecule has 1 aromatic heterocycles. The van der Waals surface area contributed by atoms with Gasteiger partial charge in [-0.25, -0.2) is 0 Å². The zero-order chi connectivity index (χ0) is 22.1. The second-order valence-corrected chi connectivity index (χ2v) is 8.18. The molecule has 0 fully saturated rings. The molecule has 0 spiro atoms. The monoisotopic (exact) mass is 421 g/mol. The summed E-state index contributed by atoms with van der Waals surface area (Å²) in [5.74, 6) is -0.259. The third-order valence-electron chi connectivity index (χ3n) is 5.62. The summed E-state index contributed by atoms with van der Waals surface area (Å²) in [4.78, 5) is 27.2. The number of likely N-dealkylation sites (N-methyl/N-ethyl adjacent to an activating group) is 1. The molecule has 0 saturated carbocycles. The van der Waals surface area contributed by atoms with Crippen LogP contribution in [0.3, 0.4) is 0 Å². The molecular weight excluding hydrogens is 394 g/mol. The topological polar surface area (TPSA) is 110 Å². The number of phenols is 1. The van der Waals surface area contributed by atoms with E-state index in [2.05, 4.69) is 20.8 Å². The molecule has 31 heavy (non-hydrogen) atoms. The lowest BCUT2D eigenvalue weighted by molar-refractivity contribution is 0.0748. The lowest BCUT2D eigenvalue weighted by Gasteiger charge is -2.16. The average molecular weight is 422 g/mol. The van der Waals surface area contributed by atoms with Gasteiger partial charge < -0.3 is 20.6 Å². The molecule has 2 aromatic carbocycles. The summed E-state index contributed by atoms with van der Waals surface area (Å²) in [6, 6.07) is 8.79. The lowest BCUT2D eigenvalue weighted by Crippen LogP contribution is -2.30. The van der Waals surface area contributed by atoms with Crippen molar-refractivity contribution in [2.75, 3.05) is 20.1 Å². The van der Waals surface area contributed by atoms with Crippen molar-refractivity contribution >= 4 is 22.7 Å². The molecule has 4 N–H and O–H groups in total. The van der Waals surface area contributed by atoms with Gasteiger partial charge in [0.25, 0.3) is 11.8 Å². The van der Waals surface area contributed by atoms with Gasteiger partial charge in [-0.05, 0) is 42.3 Å². The van der Waals surface area contributed by atoms with Crippen LogP contribution in [0.2, 0.25) is 0 Å². The fourth-order valence-corrected chi connectivity index (χ4v) is 3.94. The third kappa shape index (κ3) is 3.98. The molecule has 0 radical (unpaired) electrons. The van der Waals surface area contributed by atoms with E-state index in [0.717, 1.165) is 22.2 Å². The van der Waals surface area contributed by atoms with E-state index < -0.39 is 0 Å². The van der Waals surface area contributed by atoms with E-state index in [9.17, 15) is 14.7 Å². The molecule has 1 aliphatic rings. The van der Waals surface area contributed by atoms with Gasteiger partial charge in [0.2, 0.25) is 0 Å². The number of H-pyrrole nitrogens is 1. The fraction of sp³-hybridized carbons (Fsp3) is 0.348. The van der Waals surface area contributed by atoms with Crippen LogP contribution >= 0.6 is 0 Å². The van der Waals surface area contributed by atoms with Crippen LogP contribution in [0.15, 0.2) is 30.3 Å². The molecule has 4 rings (SSSR count). The molecule has 0 bridgehead atoms. The smallest absolute Gasteiger partial charge is 0.258 e. The number of carbonyl (C=O) groups excluding carboxylic acids is 2. The van der Waals surface area contributed by atoms with Crippen LogP contribution in [0.5, 0.6) is 5.75 Å². The maximum absolute atomic E-state index is 13.2. The van der Waals surface area contributed by atoms with E-state index in [4.69, 9.17) is 0 Å². The Morgan fingerprint density at radius 2 is 1.94 bits per heavy atom. The number of fused-ring (bicyclic) bond motifs is 2. The van der Waals surface area contributed by atoms with Gasteiger partial charge in [-0.15, -0.1) is 0 Å². The number of nitrogens with one attached hydrogen (secondary N) is 3. The molecule has 2 amide bonds. The number of rotatable bonds is 6. The zero-order valence-corrected chi connectivity index (χ0v) is 18.0. The number of hydrogen-bond acceptors (Lipinski definition) is 5. The van der Waals surface area contributed by atoms with Crippen molar-refractivity contribution in [3.63, 3.8) is 0 Å². The summed E-state index contributed by atoms with van der Waals surface area (Å²) in [5.41, 5.74) is 4.36. The van der Waals surface area contributed by atoms with Crippen LogP contribution in [0, 0.1) is 0 Å². The van der Waals surface area contributed by atoms with Crippen molar-refractivity contribution < 1.29 is 14.7 Å². The number of benzene rings is 2. The molecule has 3 aromatic rings. The highest BCUT2D eigenvalue weighted by Gasteiger charge is 2.27. The Hall–Kier alpha value is -3.39. The van der Waals surface area contributed by atoms with Crippen LogP contribution in [-0.2, 0) is 13.1 Å². The summed E-state index contributed by atoms with van der Waals surface area (Å²) < 4.78 is 0. The maximum Gasteiger partial charge on any atom is 0.258 e. The van der Waals surface area contributed by atoms with Gasteiger partial charge in [0, 0.05) is 43.2 Å². The SMILES string of the molecule is CNCCNC(=O)c1ccc2c(c1)CN(C(=O)c1cc3c(C(C)C)n[nH]c3cc1O)C2. The predicted molar refractivity (Wildman–Crippen MR) is 118 cm³/mol. The van der Waals surface area contributed by atoms with Crippen molar-refractivity contribution in [2.24, 2.45) is 0 Å². The first-order valence-electron chi connectivity index (χ1n) is 10.4. The van der Waals surface area contributed by atoms with Gasteiger partial charge in [-0.1, -0.05) is 19.9 Å². The van der Waals surface area contributed by atoms with Gasteiger partial charge in [-0.2, -0.15) is 5.10 Å². The fourth-order valence-electron chi connectivity index (χ4n) is 3.94. The van der Waals surface area contributed by atoms with Gasteiger partial charge in [-0.3, -0.25) is 14.7 Å². The van der Waals surface area contributed by atoms with E-state index in [0.29, 0.717) is 37.3 Å². The summed E-state index contributed by atoms with van der Waals surface area (Å²) in [5, 5.41) is 24.4. The second-order valence-electron chi connectivity index (χ2n) is 8.18. The Morgan fingerprint density at radius 1 is 1.16 bits per heavy atom. The highest BCUT2D eigenvalue weighted by atomic mass is 16.3. The number of amides is 2. The van der Waals surface area contributed by atoms with E-state index in [-0.39, 0.29) is 29.0 Å². The predicted octanol–water partition coefficient (Wildman–Crippen LogP) is 2.50. The van der Waals surface area contributed by atoms with Gasteiger partial charge in [0.1, 0.15) is 5.75 Å². The van der Waals surface area contributed by atoms with Crippen molar-refractivity contribution in [3.05, 3.63) is 58.3 Å². The number of carbonyl (C=O) groups is 2. The minimum atomic E-state index is -0.244. The molecule has 8 nitrogen and oxygen atoms in total. The first-order chi connectivity index (χ1) is 14.9. The summed E-state index contributed by atoms with van der Waals surface area (Å²) in [6.07, 6.45) is 0. The normalized spacial score (nSPS) is 13.1. The largest absolute Gasteiger partial charge is 0.507 e. The first-order valence-corrected chi connectivity index (χ1v) is 10.4. The van der Waals surface area contributed by atoms with E-state index in [1.807, 2.05) is 33.0 Å². The summed E-state index contributed by atoms with van der Waals surface area (Å²) >= 11 is 0. The van der Waals surface area contributed by atoms with Crippen molar-refractivity contribution in [2.45, 2.75) is 32.9 Å². The van der Waals surface area contributed by atoms with Gasteiger partial charge >= 0.3 is 0 Å². The molecular formula is C23H27N5O3. The van der Waals surface area contributed by atoms with E-state index in [1.54, 1.807) is 23.1 Å². The van der Waals surface area contributed by atoms with Crippen LogP contribution in [0.25, 0.3) is 10.9 Å². The highest BCUT2D eigenvalue weighted by Crippen LogP contribution is 2.32. The van der Waals surface area contributed by atoms with Crippen LogP contribution < -0.4 is 10.6 Å². The number of aromatic amines is 1. The maximum atomic E-state index is 13.2. The number of aromatic nitrogens is 2. The van der Waals surface area contributed by atoms with Crippen LogP contribution in [0.4, 0.5) is 0 Å². The quantitative estimate of drug-likeness (QED) is 0.457. The summed E-state index contributed by atoms with van der Waals surface area (Å²) in [7, 11) is 1.83. The van der Waals surface area contributed by atoms with Crippen LogP contribution in [-0.4, -0.2) is 52.2 Å². The molecule has 8 heteroatoms. The molecule has 0 unspecified atom stereocenters. The first kappa shape index (κ1) is 20.9. The molecule has 0 atom stereocenters. The number of nitrogens with zero attached hydrogens (tertiary/aromatic N) is 2. The molecule has 162 valence electrons.